The molecule has 3 aromatic carbocycles. The zero-order valence-corrected chi connectivity index (χ0v) is 22.7. The molecular weight excluding hydrogens is 678 g/mol. The minimum Gasteiger partial charge on any atom is -0.490 e. The molecule has 0 spiro atoms. The van der Waals surface area contributed by atoms with E-state index in [1.807, 2.05) is 37.3 Å². The second kappa shape index (κ2) is 11.2. The first-order chi connectivity index (χ1) is 16.8. The third-order valence-corrected chi connectivity index (χ3v) is 6.37. The number of hydrogen-bond donors (Lipinski definition) is 0. The van der Waals surface area contributed by atoms with E-state index in [2.05, 4.69) is 50.2 Å². The van der Waals surface area contributed by atoms with E-state index < -0.39 is 10.9 Å². The van der Waals surface area contributed by atoms with Crippen LogP contribution < -0.4 is 9.47 Å². The van der Waals surface area contributed by atoms with Gasteiger partial charge in [-0.15, -0.1) is 0 Å². The summed E-state index contributed by atoms with van der Waals surface area (Å²) in [6, 6.07) is 17.4. The number of hydrogen-bond acceptors (Lipinski definition) is 7. The fourth-order valence-corrected chi connectivity index (χ4v) is 4.41. The molecule has 1 heterocycles. The largest absolute Gasteiger partial charge is 0.490 e. The van der Waals surface area contributed by atoms with Gasteiger partial charge in [0.2, 0.25) is 5.90 Å². The number of halogens is 2. The van der Waals surface area contributed by atoms with Gasteiger partial charge in [-0.25, -0.2) is 9.79 Å². The fraction of sp³-hybridized carbons (Fsp3) is 0.120. The first-order valence-corrected chi connectivity index (χ1v) is 12.6. The number of rotatable bonds is 8. The van der Waals surface area contributed by atoms with E-state index in [9.17, 15) is 14.9 Å². The Morgan fingerprint density at radius 1 is 1.09 bits per heavy atom. The van der Waals surface area contributed by atoms with Crippen LogP contribution in [0, 0.1) is 17.3 Å². The molecular formula is C25H18I2N2O6. The van der Waals surface area contributed by atoms with Crippen LogP contribution in [-0.4, -0.2) is 23.4 Å². The van der Waals surface area contributed by atoms with Gasteiger partial charge in [0.25, 0.3) is 5.69 Å². The molecule has 0 unspecified atom stereocenters. The van der Waals surface area contributed by atoms with Gasteiger partial charge in [-0.05, 0) is 106 Å². The van der Waals surface area contributed by atoms with Crippen molar-refractivity contribution in [3.8, 4) is 11.5 Å². The quantitative estimate of drug-likeness (QED) is 0.0925. The van der Waals surface area contributed by atoms with Crippen molar-refractivity contribution >= 4 is 68.8 Å². The Bertz CT molecular complexity index is 1350. The zero-order chi connectivity index (χ0) is 24.9. The summed E-state index contributed by atoms with van der Waals surface area (Å²) in [6.45, 7) is 2.39. The highest BCUT2D eigenvalue weighted by atomic mass is 127. The van der Waals surface area contributed by atoms with Crippen molar-refractivity contribution in [1.82, 2.24) is 0 Å². The van der Waals surface area contributed by atoms with Crippen LogP contribution in [0.1, 0.15) is 23.6 Å². The number of nitro benzene ring substituents is 1. The van der Waals surface area contributed by atoms with Crippen molar-refractivity contribution in [1.29, 1.82) is 0 Å². The number of carbonyl (C=O) groups excluding carboxylic acids is 1. The van der Waals surface area contributed by atoms with E-state index in [-0.39, 0.29) is 23.9 Å². The van der Waals surface area contributed by atoms with Crippen molar-refractivity contribution in [2.75, 3.05) is 6.61 Å². The van der Waals surface area contributed by atoms with Crippen molar-refractivity contribution in [2.24, 2.45) is 4.99 Å². The summed E-state index contributed by atoms with van der Waals surface area (Å²) in [6.07, 6.45) is 1.64. The van der Waals surface area contributed by atoms with Crippen molar-refractivity contribution in [2.45, 2.75) is 13.5 Å². The Morgan fingerprint density at radius 2 is 1.86 bits per heavy atom. The molecule has 1 aliphatic heterocycles. The summed E-state index contributed by atoms with van der Waals surface area (Å²) < 4.78 is 18.9. The molecule has 0 saturated carbocycles. The van der Waals surface area contributed by atoms with Gasteiger partial charge in [-0.2, -0.15) is 0 Å². The number of non-ortho nitro benzene ring substituents is 1. The minimum absolute atomic E-state index is 0.00131. The Labute approximate surface area is 228 Å². The zero-order valence-electron chi connectivity index (χ0n) is 18.4. The second-order valence-corrected chi connectivity index (χ2v) is 9.73. The molecule has 10 heteroatoms. The number of ether oxygens (including phenoxy) is 3. The molecule has 0 amide bonds. The monoisotopic (exact) mass is 696 g/mol. The van der Waals surface area contributed by atoms with Crippen LogP contribution in [0.4, 0.5) is 5.69 Å². The highest BCUT2D eigenvalue weighted by Crippen LogP contribution is 2.36. The van der Waals surface area contributed by atoms with Crippen LogP contribution in [0.15, 0.2) is 71.4 Å². The molecule has 1 aliphatic rings. The van der Waals surface area contributed by atoms with Crippen LogP contribution >= 0.6 is 45.2 Å². The number of esters is 1. The van der Waals surface area contributed by atoms with Crippen molar-refractivity contribution in [3.05, 3.63) is 100 Å². The molecule has 0 fully saturated rings. The van der Waals surface area contributed by atoms with Crippen LogP contribution in [0.5, 0.6) is 11.5 Å². The Morgan fingerprint density at radius 3 is 2.57 bits per heavy atom. The third-order valence-electron chi connectivity index (χ3n) is 4.85. The third kappa shape index (κ3) is 6.17. The lowest BCUT2D eigenvalue weighted by molar-refractivity contribution is -0.384. The summed E-state index contributed by atoms with van der Waals surface area (Å²) in [5.41, 5.74) is 2.26. The number of aliphatic imine (C=N–C) groups is 1. The minimum atomic E-state index is -0.530. The molecule has 35 heavy (non-hydrogen) atoms. The lowest BCUT2D eigenvalue weighted by atomic mass is 10.1. The van der Waals surface area contributed by atoms with E-state index >= 15 is 0 Å². The second-order valence-electron chi connectivity index (χ2n) is 7.32. The summed E-state index contributed by atoms with van der Waals surface area (Å²) >= 11 is 4.33. The number of nitrogens with zero attached hydrogens (tertiary/aromatic N) is 2. The Hall–Kier alpha value is -3.00. The van der Waals surface area contributed by atoms with Gasteiger partial charge >= 0.3 is 5.97 Å². The van der Waals surface area contributed by atoms with Crippen LogP contribution in [0.3, 0.4) is 0 Å². The maximum Gasteiger partial charge on any atom is 0.363 e. The van der Waals surface area contributed by atoms with Gasteiger partial charge in [0.1, 0.15) is 6.61 Å². The SMILES string of the molecule is CCOc1cc(/C=C2\N=C(c3ccc(I)cc3)OC2=O)cc(I)c1OCc1cccc([N+](=O)[O-])c1. The predicted octanol–water partition coefficient (Wildman–Crippen LogP) is 6.13. The highest BCUT2D eigenvalue weighted by Gasteiger charge is 2.24. The normalized spacial score (nSPS) is 14.0. The molecule has 0 saturated heterocycles. The summed E-state index contributed by atoms with van der Waals surface area (Å²) in [7, 11) is 0. The van der Waals surface area contributed by atoms with Gasteiger partial charge in [0.05, 0.1) is 15.1 Å². The van der Waals surface area contributed by atoms with E-state index in [1.165, 1.54) is 12.1 Å². The number of benzene rings is 3. The molecule has 8 nitrogen and oxygen atoms in total. The molecule has 3 aromatic rings. The lowest BCUT2D eigenvalue weighted by Gasteiger charge is -2.15. The lowest BCUT2D eigenvalue weighted by Crippen LogP contribution is -2.05. The molecule has 0 N–H and O–H groups in total. The van der Waals surface area contributed by atoms with E-state index in [0.29, 0.717) is 29.2 Å². The van der Waals surface area contributed by atoms with E-state index in [0.717, 1.165) is 12.7 Å². The number of carbonyl (C=O) groups is 1. The van der Waals surface area contributed by atoms with Crippen molar-refractivity contribution in [3.63, 3.8) is 0 Å². The fourth-order valence-electron chi connectivity index (χ4n) is 3.27. The van der Waals surface area contributed by atoms with Gasteiger partial charge in [0.15, 0.2) is 17.2 Å². The molecule has 0 bridgehead atoms. The van der Waals surface area contributed by atoms with Crippen LogP contribution in [0.2, 0.25) is 0 Å². The summed E-state index contributed by atoms with van der Waals surface area (Å²) in [5, 5.41) is 11.0. The van der Waals surface area contributed by atoms with Crippen molar-refractivity contribution < 1.29 is 23.9 Å². The maximum atomic E-state index is 12.4. The molecule has 0 atom stereocenters. The van der Waals surface area contributed by atoms with E-state index in [4.69, 9.17) is 14.2 Å². The van der Waals surface area contributed by atoms with Gasteiger partial charge in [0, 0.05) is 21.3 Å². The molecule has 0 aliphatic carbocycles. The topological polar surface area (TPSA) is 100 Å². The first kappa shape index (κ1) is 25.1. The predicted molar refractivity (Wildman–Crippen MR) is 148 cm³/mol. The van der Waals surface area contributed by atoms with Crippen LogP contribution in [-0.2, 0) is 16.1 Å². The average Bonchev–Trinajstić information content (AvgIpc) is 3.19. The van der Waals surface area contributed by atoms with E-state index in [1.54, 1.807) is 24.3 Å². The Balaban J connectivity index is 1.59. The van der Waals surface area contributed by atoms with Gasteiger partial charge in [-0.3, -0.25) is 10.1 Å². The summed E-state index contributed by atoms with van der Waals surface area (Å²) in [5.74, 6) is 0.731. The maximum absolute atomic E-state index is 12.4. The standard InChI is InChI=1S/C25H18I2N2O6/c1-2-33-22-13-16(12-21-25(30)35-24(28-21)17-6-8-18(26)9-7-17)11-20(27)23(22)34-14-15-4-3-5-19(10-15)29(31)32/h3-13H,2,14H2,1H3/b21-12-. The molecule has 178 valence electrons. The average molecular weight is 696 g/mol. The van der Waals surface area contributed by atoms with Gasteiger partial charge < -0.3 is 14.2 Å². The van der Waals surface area contributed by atoms with Gasteiger partial charge in [-0.1, -0.05) is 12.1 Å². The smallest absolute Gasteiger partial charge is 0.363 e. The molecule has 0 aromatic heterocycles. The van der Waals surface area contributed by atoms with Crippen LogP contribution in [0.25, 0.3) is 6.08 Å². The summed E-state index contributed by atoms with van der Waals surface area (Å²) in [4.78, 5) is 27.4. The first-order valence-electron chi connectivity index (χ1n) is 10.4. The molecule has 4 rings (SSSR count). The molecule has 0 radical (unpaired) electrons. The number of nitro groups is 1. The Kier molecular flexibility index (Phi) is 8.00. The highest BCUT2D eigenvalue weighted by molar-refractivity contribution is 14.1. The number of cyclic esters (lactones) is 1.